The highest BCUT2D eigenvalue weighted by Crippen LogP contribution is 2.35. The summed E-state index contributed by atoms with van der Waals surface area (Å²) >= 11 is 0. The van der Waals surface area contributed by atoms with Crippen molar-refractivity contribution in [2.75, 3.05) is 12.4 Å². The van der Waals surface area contributed by atoms with Gasteiger partial charge in [0.15, 0.2) is 0 Å². The molecule has 4 rings (SSSR count). The van der Waals surface area contributed by atoms with Crippen molar-refractivity contribution < 1.29 is 14.3 Å². The minimum Gasteiger partial charge on any atom is -0.497 e. The third-order valence-electron chi connectivity index (χ3n) is 4.90. The van der Waals surface area contributed by atoms with Crippen LogP contribution in [0.3, 0.4) is 0 Å². The number of benzene rings is 2. The van der Waals surface area contributed by atoms with Crippen molar-refractivity contribution in [3.8, 4) is 5.75 Å². The molecule has 0 bridgehead atoms. The number of amides is 2. The number of ether oxygens (including phenoxy) is 1. The number of fused-ring (bicyclic) bond motifs is 1. The molecular weight excluding hydrogens is 368 g/mol. The first-order valence-corrected chi connectivity index (χ1v) is 9.12. The van der Waals surface area contributed by atoms with E-state index in [1.165, 1.54) is 0 Å². The molecule has 0 saturated carbocycles. The highest BCUT2D eigenvalue weighted by atomic mass is 16.5. The van der Waals surface area contributed by atoms with Crippen molar-refractivity contribution in [2.24, 2.45) is 5.73 Å². The SMILES string of the molecule is COc1ccc(CN2C(=O)c3cccnc3[C@@H]2Nc2ccccc2C(N)=O)cc1. The van der Waals surface area contributed by atoms with E-state index in [2.05, 4.69) is 10.3 Å². The summed E-state index contributed by atoms with van der Waals surface area (Å²) in [4.78, 5) is 31.0. The lowest BCUT2D eigenvalue weighted by Crippen LogP contribution is -2.32. The Labute approximate surface area is 168 Å². The molecule has 7 heteroatoms. The number of nitrogens with two attached hydrogens (primary N) is 1. The largest absolute Gasteiger partial charge is 0.497 e. The zero-order valence-corrected chi connectivity index (χ0v) is 15.8. The maximum atomic E-state index is 13.1. The summed E-state index contributed by atoms with van der Waals surface area (Å²) in [7, 11) is 1.61. The molecule has 1 atom stereocenters. The van der Waals surface area contributed by atoms with Gasteiger partial charge >= 0.3 is 0 Å². The van der Waals surface area contributed by atoms with Gasteiger partial charge < -0.3 is 20.7 Å². The van der Waals surface area contributed by atoms with E-state index >= 15 is 0 Å². The fourth-order valence-electron chi connectivity index (χ4n) is 3.44. The average molecular weight is 388 g/mol. The number of carbonyl (C=O) groups is 2. The van der Waals surface area contributed by atoms with Gasteiger partial charge in [0.25, 0.3) is 11.8 Å². The number of nitrogens with one attached hydrogen (secondary N) is 1. The number of primary amides is 1. The minimum absolute atomic E-state index is 0.127. The molecule has 0 saturated heterocycles. The molecule has 0 spiro atoms. The summed E-state index contributed by atoms with van der Waals surface area (Å²) in [5, 5.41) is 3.29. The maximum Gasteiger partial charge on any atom is 0.258 e. The van der Waals surface area contributed by atoms with Gasteiger partial charge in [0.05, 0.1) is 23.9 Å². The third kappa shape index (κ3) is 3.50. The maximum absolute atomic E-state index is 13.1. The molecule has 1 aromatic heterocycles. The lowest BCUT2D eigenvalue weighted by molar-refractivity contribution is 0.0727. The van der Waals surface area contributed by atoms with E-state index < -0.39 is 12.1 Å². The molecule has 0 fully saturated rings. The van der Waals surface area contributed by atoms with Crippen LogP contribution in [0.5, 0.6) is 5.75 Å². The zero-order valence-electron chi connectivity index (χ0n) is 15.8. The van der Waals surface area contributed by atoms with E-state index in [0.717, 1.165) is 11.3 Å². The Bertz CT molecular complexity index is 1070. The highest BCUT2D eigenvalue weighted by Gasteiger charge is 2.38. The second-order valence-electron chi connectivity index (χ2n) is 6.67. The van der Waals surface area contributed by atoms with Gasteiger partial charge in [-0.3, -0.25) is 14.6 Å². The molecule has 29 heavy (non-hydrogen) atoms. The Morgan fingerprint density at radius 1 is 1.14 bits per heavy atom. The summed E-state index contributed by atoms with van der Waals surface area (Å²) in [6.45, 7) is 0.371. The molecule has 0 radical (unpaired) electrons. The van der Waals surface area contributed by atoms with Gasteiger partial charge in [0.1, 0.15) is 11.9 Å². The molecule has 2 amide bonds. The minimum atomic E-state index is -0.541. The van der Waals surface area contributed by atoms with Gasteiger partial charge in [-0.1, -0.05) is 24.3 Å². The van der Waals surface area contributed by atoms with Crippen LogP contribution in [0.4, 0.5) is 5.69 Å². The second-order valence-corrected chi connectivity index (χ2v) is 6.67. The lowest BCUT2D eigenvalue weighted by atomic mass is 10.1. The van der Waals surface area contributed by atoms with Gasteiger partial charge in [-0.2, -0.15) is 0 Å². The highest BCUT2D eigenvalue weighted by molar-refractivity contribution is 6.00. The van der Waals surface area contributed by atoms with Gasteiger partial charge in [0.2, 0.25) is 0 Å². The summed E-state index contributed by atoms with van der Waals surface area (Å²) in [6.07, 6.45) is 1.12. The topological polar surface area (TPSA) is 97.6 Å². The van der Waals surface area contributed by atoms with E-state index in [1.807, 2.05) is 24.3 Å². The molecule has 1 aliphatic heterocycles. The fourth-order valence-corrected chi connectivity index (χ4v) is 3.44. The molecule has 3 aromatic rings. The molecule has 3 N–H and O–H groups in total. The van der Waals surface area contributed by atoms with Crippen molar-refractivity contribution in [1.29, 1.82) is 0 Å². The lowest BCUT2D eigenvalue weighted by Gasteiger charge is -2.27. The molecule has 1 aliphatic rings. The van der Waals surface area contributed by atoms with Crippen LogP contribution < -0.4 is 15.8 Å². The van der Waals surface area contributed by atoms with Gasteiger partial charge in [-0.15, -0.1) is 0 Å². The van der Waals surface area contributed by atoms with Crippen LogP contribution in [-0.2, 0) is 6.54 Å². The number of pyridine rings is 1. The van der Waals surface area contributed by atoms with Crippen molar-refractivity contribution in [3.63, 3.8) is 0 Å². The van der Waals surface area contributed by atoms with Gasteiger partial charge in [-0.05, 0) is 42.0 Å². The fraction of sp³-hybridized carbons (Fsp3) is 0.136. The van der Waals surface area contributed by atoms with Gasteiger partial charge in [0, 0.05) is 18.4 Å². The monoisotopic (exact) mass is 388 g/mol. The number of para-hydroxylation sites is 1. The van der Waals surface area contributed by atoms with Crippen LogP contribution in [0.2, 0.25) is 0 Å². The average Bonchev–Trinajstić information content (AvgIpc) is 3.00. The van der Waals surface area contributed by atoms with Crippen molar-refractivity contribution >= 4 is 17.5 Å². The third-order valence-corrected chi connectivity index (χ3v) is 4.90. The summed E-state index contributed by atoms with van der Waals surface area (Å²) < 4.78 is 5.20. The number of rotatable bonds is 6. The Balaban J connectivity index is 1.69. The number of methoxy groups -OCH3 is 1. The number of nitrogens with zero attached hydrogens (tertiary/aromatic N) is 2. The van der Waals surface area contributed by atoms with E-state index in [-0.39, 0.29) is 5.91 Å². The number of hydrogen-bond acceptors (Lipinski definition) is 5. The predicted octanol–water partition coefficient (Wildman–Crippen LogP) is 2.96. The normalized spacial score (nSPS) is 15.1. The zero-order chi connectivity index (χ0) is 20.4. The van der Waals surface area contributed by atoms with E-state index in [1.54, 1.807) is 54.6 Å². The molecule has 2 heterocycles. The van der Waals surface area contributed by atoms with E-state index in [4.69, 9.17) is 10.5 Å². The first kappa shape index (κ1) is 18.5. The number of carbonyl (C=O) groups excluding carboxylic acids is 2. The van der Waals surface area contributed by atoms with Gasteiger partial charge in [-0.25, -0.2) is 0 Å². The Kier molecular flexibility index (Phi) is 4.87. The summed E-state index contributed by atoms with van der Waals surface area (Å²) in [6, 6.07) is 18.0. The molecule has 146 valence electrons. The standard InChI is InChI=1S/C22H20N4O3/c1-29-15-10-8-14(9-11-15)13-26-21(19-17(22(26)28)6-4-12-24-19)25-18-7-3-2-5-16(18)20(23)27/h2-12,21,25H,13H2,1H3,(H2,23,27)/t21-/m1/s1. The predicted molar refractivity (Wildman–Crippen MR) is 108 cm³/mol. The Hall–Kier alpha value is -3.87. The Morgan fingerprint density at radius 3 is 2.62 bits per heavy atom. The molecule has 7 nitrogen and oxygen atoms in total. The Morgan fingerprint density at radius 2 is 1.90 bits per heavy atom. The van der Waals surface area contributed by atoms with Crippen LogP contribution in [0.25, 0.3) is 0 Å². The summed E-state index contributed by atoms with van der Waals surface area (Å²) in [5.74, 6) is 0.0786. The van der Waals surface area contributed by atoms with E-state index in [9.17, 15) is 9.59 Å². The van der Waals surface area contributed by atoms with Crippen molar-refractivity contribution in [2.45, 2.75) is 12.7 Å². The first-order chi connectivity index (χ1) is 14.1. The first-order valence-electron chi connectivity index (χ1n) is 9.12. The molecular formula is C22H20N4O3. The number of hydrogen-bond donors (Lipinski definition) is 2. The number of aromatic nitrogens is 1. The molecule has 0 aliphatic carbocycles. The van der Waals surface area contributed by atoms with Crippen molar-refractivity contribution in [3.05, 3.63) is 89.2 Å². The van der Waals surface area contributed by atoms with Crippen LogP contribution in [0.15, 0.2) is 66.9 Å². The van der Waals surface area contributed by atoms with Crippen molar-refractivity contribution in [1.82, 2.24) is 9.88 Å². The second kappa shape index (κ2) is 7.63. The van der Waals surface area contributed by atoms with Crippen LogP contribution in [-0.4, -0.2) is 28.8 Å². The quantitative estimate of drug-likeness (QED) is 0.677. The molecule has 0 unspecified atom stereocenters. The molecule has 2 aromatic carbocycles. The smallest absolute Gasteiger partial charge is 0.258 e. The van der Waals surface area contributed by atoms with Crippen LogP contribution in [0.1, 0.15) is 38.1 Å². The van der Waals surface area contributed by atoms with Crippen LogP contribution in [0, 0.1) is 0 Å². The van der Waals surface area contributed by atoms with E-state index in [0.29, 0.717) is 29.1 Å². The summed E-state index contributed by atoms with van der Waals surface area (Å²) in [5.41, 5.74) is 8.52. The number of anilines is 1. The van der Waals surface area contributed by atoms with Crippen LogP contribution >= 0.6 is 0 Å².